The molecular weight excluding hydrogens is 349 g/mol. The maximum Gasteiger partial charge on any atom is 0.338 e. The van der Waals surface area contributed by atoms with Crippen molar-refractivity contribution in [2.24, 2.45) is 0 Å². The van der Waals surface area contributed by atoms with Crippen molar-refractivity contribution in [3.8, 4) is 0 Å². The average Bonchev–Trinajstić information content (AvgIpc) is 2.45. The van der Waals surface area contributed by atoms with E-state index >= 15 is 0 Å². The molecule has 0 unspecified atom stereocenters. The van der Waals surface area contributed by atoms with Crippen molar-refractivity contribution in [2.75, 3.05) is 0 Å². The summed E-state index contributed by atoms with van der Waals surface area (Å²) in [5.74, 6) is -0.621. The first-order valence-electron chi connectivity index (χ1n) is 7.32. The molecule has 24 heavy (non-hydrogen) atoms. The van der Waals surface area contributed by atoms with Crippen molar-refractivity contribution in [3.63, 3.8) is 0 Å². The number of esters is 1. The number of hydrogen-bond acceptors (Lipinski definition) is 4. The number of nitrogens with zero attached hydrogens (tertiary/aromatic N) is 1. The normalized spacial score (nSPS) is 11.2. The molecule has 0 N–H and O–H groups in total. The van der Waals surface area contributed by atoms with Crippen molar-refractivity contribution >= 4 is 35.0 Å². The fraction of sp³-hybridized carbons (Fsp3) is 0.278. The predicted octanol–water partition coefficient (Wildman–Crippen LogP) is 4.77. The van der Waals surface area contributed by atoms with Crippen LogP contribution >= 0.6 is 23.2 Å². The summed E-state index contributed by atoms with van der Waals surface area (Å²) in [6.07, 6.45) is 1.51. The van der Waals surface area contributed by atoms with Crippen LogP contribution in [0.3, 0.4) is 0 Å². The second-order valence-corrected chi connectivity index (χ2v) is 7.13. The van der Waals surface area contributed by atoms with E-state index < -0.39 is 11.6 Å². The Kier molecular flexibility index (Phi) is 5.62. The molecule has 0 saturated heterocycles. The zero-order valence-corrected chi connectivity index (χ0v) is 15.1. The van der Waals surface area contributed by atoms with Crippen LogP contribution in [0.15, 0.2) is 36.5 Å². The maximum atomic E-state index is 12.3. The highest BCUT2D eigenvalue weighted by molar-refractivity contribution is 6.36. The van der Waals surface area contributed by atoms with Gasteiger partial charge in [-0.1, -0.05) is 35.3 Å². The number of carbonyl (C=O) groups is 2. The van der Waals surface area contributed by atoms with Gasteiger partial charge in [-0.05, 0) is 44.5 Å². The van der Waals surface area contributed by atoms with Gasteiger partial charge < -0.3 is 4.74 Å². The van der Waals surface area contributed by atoms with Crippen LogP contribution in [-0.2, 0) is 11.2 Å². The van der Waals surface area contributed by atoms with E-state index in [1.807, 2.05) is 0 Å². The highest BCUT2D eigenvalue weighted by Gasteiger charge is 2.18. The quantitative estimate of drug-likeness (QED) is 0.578. The fourth-order valence-electron chi connectivity index (χ4n) is 1.98. The Bertz CT molecular complexity index is 765. The van der Waals surface area contributed by atoms with Crippen molar-refractivity contribution in [3.05, 3.63) is 63.4 Å². The van der Waals surface area contributed by atoms with Gasteiger partial charge >= 0.3 is 5.97 Å². The van der Waals surface area contributed by atoms with Crippen molar-refractivity contribution < 1.29 is 14.3 Å². The highest BCUT2D eigenvalue weighted by Crippen LogP contribution is 2.20. The van der Waals surface area contributed by atoms with Gasteiger partial charge in [-0.3, -0.25) is 4.79 Å². The average molecular weight is 366 g/mol. The van der Waals surface area contributed by atoms with E-state index in [4.69, 9.17) is 27.9 Å². The molecular formula is C18H17Cl2NO3. The molecule has 126 valence electrons. The first kappa shape index (κ1) is 18.4. The lowest BCUT2D eigenvalue weighted by molar-refractivity contribution is 0.00695. The molecule has 4 nitrogen and oxygen atoms in total. The zero-order chi connectivity index (χ0) is 17.9. The molecule has 2 aromatic rings. The van der Waals surface area contributed by atoms with Crippen LogP contribution < -0.4 is 0 Å². The summed E-state index contributed by atoms with van der Waals surface area (Å²) in [6.45, 7) is 5.42. The van der Waals surface area contributed by atoms with E-state index in [0.29, 0.717) is 10.6 Å². The van der Waals surface area contributed by atoms with E-state index in [2.05, 4.69) is 4.98 Å². The molecule has 2 rings (SSSR count). The number of ether oxygens (including phenoxy) is 1. The second kappa shape index (κ2) is 7.32. The van der Waals surface area contributed by atoms with Crippen LogP contribution in [-0.4, -0.2) is 22.3 Å². The third kappa shape index (κ3) is 5.05. The lowest BCUT2D eigenvalue weighted by atomic mass is 10.0. The lowest BCUT2D eigenvalue weighted by Gasteiger charge is -2.19. The number of ketones is 1. The Balaban J connectivity index is 2.08. The lowest BCUT2D eigenvalue weighted by Crippen LogP contribution is -2.23. The molecule has 0 aliphatic rings. The summed E-state index contributed by atoms with van der Waals surface area (Å²) in [4.78, 5) is 28.2. The number of hydrogen-bond donors (Lipinski definition) is 0. The number of halogens is 2. The van der Waals surface area contributed by atoms with Crippen LogP contribution in [0, 0.1) is 0 Å². The van der Waals surface area contributed by atoms with Crippen LogP contribution in [0.25, 0.3) is 0 Å². The number of Topliss-reactive ketones (excluding diaryl/α,β-unsaturated/α-hetero) is 1. The van der Waals surface area contributed by atoms with Gasteiger partial charge in [-0.15, -0.1) is 0 Å². The van der Waals surface area contributed by atoms with E-state index in [9.17, 15) is 9.59 Å². The molecule has 0 aliphatic carbocycles. The third-order valence-electron chi connectivity index (χ3n) is 3.03. The molecule has 0 fully saturated rings. The molecule has 1 aromatic carbocycles. The highest BCUT2D eigenvalue weighted by atomic mass is 35.5. The molecule has 0 bridgehead atoms. The fourth-order valence-corrected chi connectivity index (χ4v) is 2.47. The Labute approximate surface area is 150 Å². The topological polar surface area (TPSA) is 56.3 Å². The van der Waals surface area contributed by atoms with Crippen molar-refractivity contribution in [1.29, 1.82) is 0 Å². The van der Waals surface area contributed by atoms with Gasteiger partial charge in [0.1, 0.15) is 11.3 Å². The van der Waals surface area contributed by atoms with Gasteiger partial charge in [-0.2, -0.15) is 0 Å². The second-order valence-electron chi connectivity index (χ2n) is 6.28. The molecule has 0 amide bonds. The number of rotatable bonds is 4. The summed E-state index contributed by atoms with van der Waals surface area (Å²) in [5, 5.41) is 0.594. The number of carbonyl (C=O) groups excluding carboxylic acids is 2. The summed E-state index contributed by atoms with van der Waals surface area (Å²) in [5.41, 5.74) is 0.809. The van der Waals surface area contributed by atoms with Crippen LogP contribution in [0.5, 0.6) is 0 Å². The smallest absolute Gasteiger partial charge is 0.338 e. The molecule has 0 radical (unpaired) electrons. The number of aromatic nitrogens is 1. The van der Waals surface area contributed by atoms with E-state index in [-0.39, 0.29) is 22.9 Å². The van der Waals surface area contributed by atoms with Crippen LogP contribution in [0.4, 0.5) is 0 Å². The molecule has 0 atom stereocenters. The van der Waals surface area contributed by atoms with Gasteiger partial charge in [0.05, 0.1) is 15.6 Å². The predicted molar refractivity (Wildman–Crippen MR) is 93.9 cm³/mol. The minimum absolute atomic E-state index is 0.128. The largest absolute Gasteiger partial charge is 0.456 e. The number of benzene rings is 1. The first-order valence-corrected chi connectivity index (χ1v) is 8.08. The molecule has 0 spiro atoms. The molecule has 1 heterocycles. The van der Waals surface area contributed by atoms with Gasteiger partial charge in [0, 0.05) is 12.6 Å². The minimum Gasteiger partial charge on any atom is -0.456 e. The Morgan fingerprint density at radius 2 is 1.75 bits per heavy atom. The van der Waals surface area contributed by atoms with Gasteiger partial charge in [0.15, 0.2) is 5.78 Å². The summed E-state index contributed by atoms with van der Waals surface area (Å²) in [6, 6.07) is 8.16. The molecule has 0 aliphatic heterocycles. The monoisotopic (exact) mass is 365 g/mol. The SMILES string of the molecule is CC(C)(C)OC(=O)c1ccc(CC(=O)c2ncc(Cl)cc2Cl)cc1. The van der Waals surface area contributed by atoms with E-state index in [1.165, 1.54) is 12.3 Å². The third-order valence-corrected chi connectivity index (χ3v) is 3.52. The van der Waals surface area contributed by atoms with Crippen molar-refractivity contribution in [1.82, 2.24) is 4.98 Å². The van der Waals surface area contributed by atoms with Gasteiger partial charge in [0.25, 0.3) is 0 Å². The van der Waals surface area contributed by atoms with Crippen LogP contribution in [0.1, 0.15) is 47.2 Å². The Morgan fingerprint density at radius 3 is 2.29 bits per heavy atom. The van der Waals surface area contributed by atoms with Gasteiger partial charge in [0.2, 0.25) is 0 Å². The van der Waals surface area contributed by atoms with Crippen LogP contribution in [0.2, 0.25) is 10.0 Å². The summed E-state index contributed by atoms with van der Waals surface area (Å²) in [7, 11) is 0. The Morgan fingerprint density at radius 1 is 1.12 bits per heavy atom. The summed E-state index contributed by atoms with van der Waals surface area (Å²) < 4.78 is 5.30. The number of pyridine rings is 1. The zero-order valence-electron chi connectivity index (χ0n) is 13.6. The maximum absolute atomic E-state index is 12.3. The standard InChI is InChI=1S/C18H17Cl2NO3/c1-18(2,3)24-17(23)12-6-4-11(5-7-12)8-15(22)16-14(20)9-13(19)10-21-16/h4-7,9-10H,8H2,1-3H3. The minimum atomic E-state index is -0.553. The molecule has 6 heteroatoms. The first-order chi connectivity index (χ1) is 11.2. The molecule has 0 saturated carbocycles. The van der Waals surface area contributed by atoms with E-state index in [1.54, 1.807) is 45.0 Å². The summed E-state index contributed by atoms with van der Waals surface area (Å²) >= 11 is 11.8. The van der Waals surface area contributed by atoms with Crippen molar-refractivity contribution in [2.45, 2.75) is 32.8 Å². The Hall–Kier alpha value is -1.91. The molecule has 1 aromatic heterocycles. The van der Waals surface area contributed by atoms with E-state index in [0.717, 1.165) is 5.56 Å². The van der Waals surface area contributed by atoms with Gasteiger partial charge in [-0.25, -0.2) is 9.78 Å².